The number of benzene rings is 3. The molecule has 0 spiro atoms. The summed E-state index contributed by atoms with van der Waals surface area (Å²) in [7, 11) is 0. The van der Waals surface area contributed by atoms with Crippen molar-refractivity contribution in [2.75, 3.05) is 18.0 Å². The van der Waals surface area contributed by atoms with Gasteiger partial charge in [-0.25, -0.2) is 9.97 Å². The van der Waals surface area contributed by atoms with Gasteiger partial charge in [0.2, 0.25) is 5.95 Å². The van der Waals surface area contributed by atoms with E-state index >= 15 is 0 Å². The number of carbonyl (C=O) groups is 1. The standard InChI is InChI=1S/C32H33ClN4O2/c1-22-5-2-3-6-24(22)12-17-29-28(31(39)34-19-18-23-8-15-27(38)16-9-23)21-35-32(36-29)37-20-4-7-30(37)25-10-13-26(33)14-11-25/h2-3,5-6,8-11,13-16,21,30,38H,4,7,12,17-20H2,1H3,(H,34,39)/t30-/m0/s1. The Morgan fingerprint density at radius 2 is 1.79 bits per heavy atom. The summed E-state index contributed by atoms with van der Waals surface area (Å²) in [6.07, 6.45) is 5.85. The molecule has 2 N–H and O–H groups in total. The predicted molar refractivity (Wildman–Crippen MR) is 156 cm³/mol. The first kappa shape index (κ1) is 26.7. The van der Waals surface area contributed by atoms with E-state index in [2.05, 4.69) is 46.4 Å². The molecule has 1 saturated heterocycles. The van der Waals surface area contributed by atoms with E-state index in [0.29, 0.717) is 30.9 Å². The van der Waals surface area contributed by atoms with Crippen LogP contribution in [-0.4, -0.2) is 34.1 Å². The number of phenols is 1. The lowest BCUT2D eigenvalue weighted by Crippen LogP contribution is -2.29. The summed E-state index contributed by atoms with van der Waals surface area (Å²) in [6, 6.07) is 23.5. The molecule has 3 aromatic carbocycles. The lowest BCUT2D eigenvalue weighted by atomic mass is 10.0. The molecular formula is C32H33ClN4O2. The molecular weight excluding hydrogens is 508 g/mol. The second-order valence-corrected chi connectivity index (χ2v) is 10.5. The first-order valence-electron chi connectivity index (χ1n) is 13.5. The third-order valence-electron chi connectivity index (χ3n) is 7.39. The summed E-state index contributed by atoms with van der Waals surface area (Å²) in [5.74, 6) is 0.721. The number of rotatable bonds is 9. The number of aryl methyl sites for hydroxylation is 3. The van der Waals surface area contributed by atoms with E-state index in [9.17, 15) is 9.90 Å². The van der Waals surface area contributed by atoms with Gasteiger partial charge in [0.25, 0.3) is 5.91 Å². The third kappa shape index (κ3) is 6.58. The van der Waals surface area contributed by atoms with E-state index < -0.39 is 0 Å². The number of nitrogens with one attached hydrogen (secondary N) is 1. The number of halogens is 1. The normalized spacial score (nSPS) is 14.9. The Bertz CT molecular complexity index is 1420. The minimum Gasteiger partial charge on any atom is -0.508 e. The summed E-state index contributed by atoms with van der Waals surface area (Å²) in [5.41, 5.74) is 5.98. The van der Waals surface area contributed by atoms with E-state index in [1.54, 1.807) is 18.3 Å². The van der Waals surface area contributed by atoms with Crippen molar-refractivity contribution in [1.82, 2.24) is 15.3 Å². The van der Waals surface area contributed by atoms with Gasteiger partial charge in [0.15, 0.2) is 0 Å². The van der Waals surface area contributed by atoms with Gasteiger partial charge in [-0.3, -0.25) is 4.79 Å². The highest BCUT2D eigenvalue weighted by Crippen LogP contribution is 2.35. The summed E-state index contributed by atoms with van der Waals surface area (Å²) in [4.78, 5) is 25.2. The Labute approximate surface area is 234 Å². The Morgan fingerprint density at radius 3 is 2.56 bits per heavy atom. The molecule has 1 fully saturated rings. The molecule has 0 radical (unpaired) electrons. The zero-order valence-corrected chi connectivity index (χ0v) is 22.9. The number of amides is 1. The number of aromatic hydroxyl groups is 1. The molecule has 0 aliphatic carbocycles. The summed E-state index contributed by atoms with van der Waals surface area (Å²) in [5, 5.41) is 13.3. The summed E-state index contributed by atoms with van der Waals surface area (Å²) in [6.45, 7) is 3.45. The predicted octanol–water partition coefficient (Wildman–Crippen LogP) is 6.24. The average Bonchev–Trinajstić information content (AvgIpc) is 3.44. The van der Waals surface area contributed by atoms with E-state index in [4.69, 9.17) is 16.6 Å². The van der Waals surface area contributed by atoms with E-state index in [0.717, 1.165) is 42.1 Å². The van der Waals surface area contributed by atoms with Gasteiger partial charge < -0.3 is 15.3 Å². The molecule has 0 saturated carbocycles. The molecule has 1 atom stereocenters. The minimum absolute atomic E-state index is 0.171. The third-order valence-corrected chi connectivity index (χ3v) is 7.64. The van der Waals surface area contributed by atoms with Crippen molar-refractivity contribution < 1.29 is 9.90 Å². The van der Waals surface area contributed by atoms with Crippen LogP contribution < -0.4 is 10.2 Å². The van der Waals surface area contributed by atoms with Crippen molar-refractivity contribution in [1.29, 1.82) is 0 Å². The lowest BCUT2D eigenvalue weighted by molar-refractivity contribution is 0.0952. The van der Waals surface area contributed by atoms with Crippen molar-refractivity contribution in [3.63, 3.8) is 0 Å². The van der Waals surface area contributed by atoms with Gasteiger partial charge in [0.1, 0.15) is 5.75 Å². The maximum absolute atomic E-state index is 13.3. The fourth-order valence-electron chi connectivity index (χ4n) is 5.18. The van der Waals surface area contributed by atoms with Crippen LogP contribution in [0.4, 0.5) is 5.95 Å². The Hall–Kier alpha value is -3.90. The maximum atomic E-state index is 13.3. The smallest absolute Gasteiger partial charge is 0.254 e. The number of hydrogen-bond donors (Lipinski definition) is 2. The number of anilines is 1. The van der Waals surface area contributed by atoms with Crippen molar-refractivity contribution >= 4 is 23.5 Å². The maximum Gasteiger partial charge on any atom is 0.254 e. The number of hydrogen-bond acceptors (Lipinski definition) is 5. The number of carbonyl (C=O) groups excluding carboxylic acids is 1. The van der Waals surface area contributed by atoms with Crippen molar-refractivity contribution in [2.45, 2.75) is 45.1 Å². The highest BCUT2D eigenvalue weighted by molar-refractivity contribution is 6.30. The van der Waals surface area contributed by atoms with Gasteiger partial charge in [0, 0.05) is 24.3 Å². The molecule has 5 rings (SSSR count). The molecule has 2 heterocycles. The molecule has 0 bridgehead atoms. The first-order valence-corrected chi connectivity index (χ1v) is 13.8. The van der Waals surface area contributed by atoms with Crippen molar-refractivity contribution in [3.8, 4) is 5.75 Å². The van der Waals surface area contributed by atoms with Gasteiger partial charge in [0.05, 0.1) is 17.3 Å². The highest BCUT2D eigenvalue weighted by atomic mass is 35.5. The van der Waals surface area contributed by atoms with Crippen LogP contribution in [0.3, 0.4) is 0 Å². The molecule has 1 amide bonds. The number of nitrogens with zero attached hydrogens (tertiary/aromatic N) is 3. The van der Waals surface area contributed by atoms with Crippen LogP contribution in [0, 0.1) is 6.92 Å². The second-order valence-electron chi connectivity index (χ2n) is 10.0. The largest absolute Gasteiger partial charge is 0.508 e. The summed E-state index contributed by atoms with van der Waals surface area (Å²) >= 11 is 6.13. The molecule has 4 aromatic rings. The Morgan fingerprint density at radius 1 is 1.03 bits per heavy atom. The zero-order valence-electron chi connectivity index (χ0n) is 22.1. The fraction of sp³-hybridized carbons (Fsp3) is 0.281. The van der Waals surface area contributed by atoms with Crippen LogP contribution in [0.25, 0.3) is 0 Å². The zero-order chi connectivity index (χ0) is 27.2. The van der Waals surface area contributed by atoms with Crippen LogP contribution in [0.5, 0.6) is 5.75 Å². The average molecular weight is 541 g/mol. The van der Waals surface area contributed by atoms with Crippen LogP contribution in [0.2, 0.25) is 5.02 Å². The number of phenolic OH excluding ortho intramolecular Hbond substituents is 1. The van der Waals surface area contributed by atoms with Gasteiger partial charge in [-0.1, -0.05) is 60.1 Å². The summed E-state index contributed by atoms with van der Waals surface area (Å²) < 4.78 is 0. The fourth-order valence-corrected chi connectivity index (χ4v) is 5.31. The Kier molecular flexibility index (Phi) is 8.42. The van der Waals surface area contributed by atoms with Crippen LogP contribution in [0.15, 0.2) is 79.0 Å². The van der Waals surface area contributed by atoms with Crippen LogP contribution >= 0.6 is 11.6 Å². The van der Waals surface area contributed by atoms with Gasteiger partial charge in [-0.05, 0) is 85.5 Å². The Balaban J connectivity index is 1.37. The van der Waals surface area contributed by atoms with Gasteiger partial charge in [-0.2, -0.15) is 0 Å². The minimum atomic E-state index is -0.171. The molecule has 39 heavy (non-hydrogen) atoms. The van der Waals surface area contributed by atoms with E-state index in [1.807, 2.05) is 36.4 Å². The molecule has 6 nitrogen and oxygen atoms in total. The molecule has 7 heteroatoms. The monoisotopic (exact) mass is 540 g/mol. The van der Waals surface area contributed by atoms with Gasteiger partial charge in [-0.15, -0.1) is 0 Å². The van der Waals surface area contributed by atoms with Gasteiger partial charge >= 0.3 is 0 Å². The molecule has 1 aromatic heterocycles. The van der Waals surface area contributed by atoms with E-state index in [1.165, 1.54) is 16.7 Å². The van der Waals surface area contributed by atoms with Crippen LogP contribution in [-0.2, 0) is 19.3 Å². The van der Waals surface area contributed by atoms with Crippen LogP contribution in [0.1, 0.15) is 57.2 Å². The van der Waals surface area contributed by atoms with Crippen molar-refractivity contribution in [2.24, 2.45) is 0 Å². The van der Waals surface area contributed by atoms with E-state index in [-0.39, 0.29) is 17.7 Å². The SMILES string of the molecule is Cc1ccccc1CCc1nc(N2CCC[C@H]2c2ccc(Cl)cc2)ncc1C(=O)NCCc1ccc(O)cc1. The molecule has 1 aliphatic rings. The number of aromatic nitrogens is 2. The van der Waals surface area contributed by atoms with Crippen molar-refractivity contribution in [3.05, 3.63) is 118 Å². The first-order chi connectivity index (χ1) is 19.0. The molecule has 0 unspecified atom stereocenters. The highest BCUT2D eigenvalue weighted by Gasteiger charge is 2.29. The second kappa shape index (κ2) is 12.3. The molecule has 1 aliphatic heterocycles. The lowest BCUT2D eigenvalue weighted by Gasteiger charge is -2.26. The quantitative estimate of drug-likeness (QED) is 0.262. The molecule has 200 valence electrons. The topological polar surface area (TPSA) is 78.4 Å².